The van der Waals surface area contributed by atoms with Gasteiger partial charge in [-0.25, -0.2) is 0 Å². The van der Waals surface area contributed by atoms with Crippen molar-refractivity contribution in [3.8, 4) is 0 Å². The second-order valence-corrected chi connectivity index (χ2v) is 6.09. The van der Waals surface area contributed by atoms with Crippen LogP contribution in [0.5, 0.6) is 0 Å². The van der Waals surface area contributed by atoms with Crippen LogP contribution in [0.3, 0.4) is 0 Å². The van der Waals surface area contributed by atoms with Gasteiger partial charge in [0.1, 0.15) is 0 Å². The average Bonchev–Trinajstić information content (AvgIpc) is 3.36. The maximum atomic E-state index is 10.3. The van der Waals surface area contributed by atoms with Gasteiger partial charge in [0.25, 0.3) is 0 Å². The summed E-state index contributed by atoms with van der Waals surface area (Å²) in [6, 6.07) is 0. The van der Waals surface area contributed by atoms with Crippen molar-refractivity contribution >= 4 is 5.97 Å². The second kappa shape index (κ2) is 14.5. The van der Waals surface area contributed by atoms with E-state index in [2.05, 4.69) is 55.5 Å². The number of ether oxygens (including phenoxy) is 1. The van der Waals surface area contributed by atoms with Crippen LogP contribution in [0.1, 0.15) is 58.3 Å². The number of rotatable bonds is 14. The summed E-state index contributed by atoms with van der Waals surface area (Å²) in [5, 5.41) is 8.50. The summed E-state index contributed by atoms with van der Waals surface area (Å²) in [5.41, 5.74) is 0. The van der Waals surface area contributed by atoms with E-state index in [1.54, 1.807) is 0 Å². The maximum Gasteiger partial charge on any atom is 0.303 e. The van der Waals surface area contributed by atoms with Crippen LogP contribution < -0.4 is 0 Å². The SMILES string of the molecule is CC[C@@H]1O[C@@H]1C/C=C\C/C=C\C/C=C\C/C=C\C/C=C\CCC(=O)O. The summed E-state index contributed by atoms with van der Waals surface area (Å²) in [6.45, 7) is 2.17. The number of hydrogen-bond donors (Lipinski definition) is 1. The summed E-state index contributed by atoms with van der Waals surface area (Å²) in [7, 11) is 0. The Kier molecular flexibility index (Phi) is 12.3. The minimum Gasteiger partial charge on any atom is -0.481 e. The molecule has 0 radical (unpaired) electrons. The molecule has 1 N–H and O–H groups in total. The van der Waals surface area contributed by atoms with Gasteiger partial charge >= 0.3 is 5.97 Å². The van der Waals surface area contributed by atoms with Crippen LogP contribution >= 0.6 is 0 Å². The number of epoxide rings is 1. The molecule has 0 unspecified atom stereocenters. The molecule has 0 saturated carbocycles. The molecule has 0 amide bonds. The van der Waals surface area contributed by atoms with E-state index in [1.165, 1.54) is 0 Å². The predicted molar refractivity (Wildman–Crippen MR) is 105 cm³/mol. The molecule has 1 aliphatic heterocycles. The molecule has 1 aliphatic rings. The second-order valence-electron chi connectivity index (χ2n) is 6.09. The first-order chi connectivity index (χ1) is 12.2. The Hall–Kier alpha value is -1.87. The van der Waals surface area contributed by atoms with Crippen LogP contribution in [-0.4, -0.2) is 23.3 Å². The van der Waals surface area contributed by atoms with Gasteiger partial charge in [-0.3, -0.25) is 4.79 Å². The topological polar surface area (TPSA) is 49.8 Å². The number of hydrogen-bond acceptors (Lipinski definition) is 2. The van der Waals surface area contributed by atoms with Gasteiger partial charge in [0.2, 0.25) is 0 Å². The predicted octanol–water partition coefficient (Wildman–Crippen LogP) is 5.76. The molecular formula is C22H32O3. The van der Waals surface area contributed by atoms with E-state index in [4.69, 9.17) is 9.84 Å². The fourth-order valence-electron chi connectivity index (χ4n) is 2.38. The van der Waals surface area contributed by atoms with E-state index in [1.807, 2.05) is 12.2 Å². The molecule has 3 heteroatoms. The third kappa shape index (κ3) is 13.1. The number of aliphatic carboxylic acids is 1. The molecule has 1 rings (SSSR count). The minimum atomic E-state index is -0.742. The van der Waals surface area contributed by atoms with Gasteiger partial charge in [0.05, 0.1) is 12.2 Å². The smallest absolute Gasteiger partial charge is 0.303 e. The number of carbonyl (C=O) groups is 1. The highest BCUT2D eigenvalue weighted by Crippen LogP contribution is 2.28. The maximum absolute atomic E-state index is 10.3. The van der Waals surface area contributed by atoms with Gasteiger partial charge in [0.15, 0.2) is 0 Å². The molecule has 3 nitrogen and oxygen atoms in total. The zero-order valence-corrected chi connectivity index (χ0v) is 15.3. The van der Waals surface area contributed by atoms with Gasteiger partial charge in [-0.15, -0.1) is 0 Å². The van der Waals surface area contributed by atoms with Gasteiger partial charge < -0.3 is 9.84 Å². The van der Waals surface area contributed by atoms with Crippen molar-refractivity contribution in [2.24, 2.45) is 0 Å². The third-order valence-electron chi connectivity index (χ3n) is 3.91. The lowest BCUT2D eigenvalue weighted by molar-refractivity contribution is -0.136. The molecule has 2 atom stereocenters. The molecule has 1 fully saturated rings. The van der Waals surface area contributed by atoms with Crippen LogP contribution in [0.2, 0.25) is 0 Å². The lowest BCUT2D eigenvalue weighted by atomic mass is 10.2. The van der Waals surface area contributed by atoms with E-state index >= 15 is 0 Å². The third-order valence-corrected chi connectivity index (χ3v) is 3.91. The average molecular weight is 344 g/mol. The fourth-order valence-corrected chi connectivity index (χ4v) is 2.38. The van der Waals surface area contributed by atoms with Gasteiger partial charge in [0, 0.05) is 6.42 Å². The lowest BCUT2D eigenvalue weighted by Gasteiger charge is -1.87. The number of carboxylic acids is 1. The summed E-state index contributed by atoms with van der Waals surface area (Å²) in [6.07, 6.45) is 29.1. The lowest BCUT2D eigenvalue weighted by Crippen LogP contribution is -1.91. The molecule has 0 bridgehead atoms. The monoisotopic (exact) mass is 344 g/mol. The molecule has 25 heavy (non-hydrogen) atoms. The van der Waals surface area contributed by atoms with E-state index in [-0.39, 0.29) is 6.42 Å². The highest BCUT2D eigenvalue weighted by Gasteiger charge is 2.35. The zero-order chi connectivity index (χ0) is 18.2. The van der Waals surface area contributed by atoms with E-state index in [0.717, 1.165) is 38.5 Å². The Morgan fingerprint density at radius 1 is 0.800 bits per heavy atom. The van der Waals surface area contributed by atoms with Crippen LogP contribution in [0, 0.1) is 0 Å². The standard InChI is InChI=1S/C22H32O3/c1-2-20-21(25-20)18-16-14-12-10-8-6-4-3-5-7-9-11-13-15-17-19-22(23)24/h3-4,7-10,13-16,20-21H,2,5-6,11-12,17-19H2,1H3,(H,23,24)/b4-3-,9-7-,10-8-,15-13-,16-14-/t20-,21+/m0/s1. The molecule has 1 heterocycles. The molecule has 0 spiro atoms. The zero-order valence-electron chi connectivity index (χ0n) is 15.3. The van der Waals surface area contributed by atoms with Gasteiger partial charge in [-0.05, 0) is 44.9 Å². The van der Waals surface area contributed by atoms with Crippen molar-refractivity contribution < 1.29 is 14.6 Å². The summed E-state index contributed by atoms with van der Waals surface area (Å²) in [4.78, 5) is 10.3. The number of allylic oxidation sites excluding steroid dienone is 9. The molecule has 138 valence electrons. The first-order valence-electron chi connectivity index (χ1n) is 9.36. The van der Waals surface area contributed by atoms with Crippen molar-refractivity contribution in [1.82, 2.24) is 0 Å². The highest BCUT2D eigenvalue weighted by molar-refractivity contribution is 5.66. The van der Waals surface area contributed by atoms with Crippen molar-refractivity contribution in [1.29, 1.82) is 0 Å². The van der Waals surface area contributed by atoms with E-state index < -0.39 is 5.97 Å². The van der Waals surface area contributed by atoms with Gasteiger partial charge in [-0.2, -0.15) is 0 Å². The van der Waals surface area contributed by atoms with Crippen LogP contribution in [-0.2, 0) is 9.53 Å². The number of carboxylic acid groups (broad SMARTS) is 1. The summed E-state index contributed by atoms with van der Waals surface area (Å²) in [5.74, 6) is -0.742. The Labute approximate surface area is 152 Å². The Morgan fingerprint density at radius 3 is 1.72 bits per heavy atom. The Balaban J connectivity index is 1.91. The van der Waals surface area contributed by atoms with Crippen molar-refractivity contribution in [2.75, 3.05) is 0 Å². The van der Waals surface area contributed by atoms with Crippen molar-refractivity contribution in [2.45, 2.75) is 70.5 Å². The Bertz CT molecular complexity index is 497. The van der Waals surface area contributed by atoms with Crippen LogP contribution in [0.4, 0.5) is 0 Å². The van der Waals surface area contributed by atoms with Crippen LogP contribution in [0.25, 0.3) is 0 Å². The van der Waals surface area contributed by atoms with Crippen LogP contribution in [0.15, 0.2) is 60.8 Å². The quantitative estimate of drug-likeness (QED) is 0.322. The molecule has 0 aromatic carbocycles. The van der Waals surface area contributed by atoms with Crippen molar-refractivity contribution in [3.05, 3.63) is 60.8 Å². The normalized spacial score (nSPS) is 20.8. The highest BCUT2D eigenvalue weighted by atomic mass is 16.6. The van der Waals surface area contributed by atoms with E-state index in [9.17, 15) is 4.79 Å². The largest absolute Gasteiger partial charge is 0.481 e. The molecule has 0 aliphatic carbocycles. The van der Waals surface area contributed by atoms with Gasteiger partial charge in [-0.1, -0.05) is 67.7 Å². The van der Waals surface area contributed by atoms with Crippen molar-refractivity contribution in [3.63, 3.8) is 0 Å². The first kappa shape index (κ1) is 21.2. The molecule has 1 saturated heterocycles. The summed E-state index contributed by atoms with van der Waals surface area (Å²) < 4.78 is 5.49. The minimum absolute atomic E-state index is 0.209. The Morgan fingerprint density at radius 2 is 1.28 bits per heavy atom. The molecule has 0 aromatic rings. The summed E-state index contributed by atoms with van der Waals surface area (Å²) >= 11 is 0. The molecular weight excluding hydrogens is 312 g/mol. The first-order valence-corrected chi connectivity index (χ1v) is 9.36. The fraction of sp³-hybridized carbons (Fsp3) is 0.500. The van der Waals surface area contributed by atoms with E-state index in [0.29, 0.717) is 18.6 Å². The molecule has 0 aromatic heterocycles.